The van der Waals surface area contributed by atoms with Crippen molar-refractivity contribution in [1.82, 2.24) is 0 Å². The van der Waals surface area contributed by atoms with E-state index in [4.69, 9.17) is 10.5 Å². The van der Waals surface area contributed by atoms with Gasteiger partial charge in [-0.15, -0.1) is 11.8 Å². The zero-order valence-corrected chi connectivity index (χ0v) is 12.0. The van der Waals surface area contributed by atoms with Crippen LogP contribution < -0.4 is 10.5 Å². The number of benzene rings is 1. The minimum absolute atomic E-state index is 0.683. The van der Waals surface area contributed by atoms with Gasteiger partial charge in [0.1, 0.15) is 5.75 Å². The first-order valence-corrected chi connectivity index (χ1v) is 7.88. The van der Waals surface area contributed by atoms with Crippen LogP contribution in [0.5, 0.6) is 5.75 Å². The van der Waals surface area contributed by atoms with Gasteiger partial charge in [0.25, 0.3) is 0 Å². The van der Waals surface area contributed by atoms with Crippen molar-refractivity contribution in [3.63, 3.8) is 0 Å². The molecule has 2 aromatic rings. The Morgan fingerprint density at radius 3 is 2.94 bits per heavy atom. The molecule has 2 rings (SSSR count). The third kappa shape index (κ3) is 3.68. The highest BCUT2D eigenvalue weighted by atomic mass is 32.2. The second-order valence-electron chi connectivity index (χ2n) is 3.86. The summed E-state index contributed by atoms with van der Waals surface area (Å²) in [6.07, 6.45) is 1.08. The Morgan fingerprint density at radius 1 is 1.33 bits per heavy atom. The minimum atomic E-state index is 0.683. The van der Waals surface area contributed by atoms with E-state index in [0.717, 1.165) is 28.5 Å². The van der Waals surface area contributed by atoms with Crippen molar-refractivity contribution in [2.75, 3.05) is 18.1 Å². The molecule has 0 radical (unpaired) electrons. The molecule has 0 unspecified atom stereocenters. The van der Waals surface area contributed by atoms with E-state index in [2.05, 4.69) is 16.8 Å². The van der Waals surface area contributed by atoms with Crippen molar-refractivity contribution in [2.24, 2.45) is 0 Å². The van der Waals surface area contributed by atoms with Crippen LogP contribution in [-0.2, 0) is 6.42 Å². The Morgan fingerprint density at radius 2 is 2.22 bits per heavy atom. The van der Waals surface area contributed by atoms with Gasteiger partial charge in [-0.2, -0.15) is 11.3 Å². The summed E-state index contributed by atoms with van der Waals surface area (Å²) in [5, 5.41) is 4.31. The molecule has 0 amide bonds. The van der Waals surface area contributed by atoms with Crippen LogP contribution in [0.1, 0.15) is 12.5 Å². The Labute approximate surface area is 116 Å². The van der Waals surface area contributed by atoms with E-state index < -0.39 is 0 Å². The van der Waals surface area contributed by atoms with Crippen LogP contribution in [0.2, 0.25) is 0 Å². The molecule has 0 saturated heterocycles. The Balaban J connectivity index is 1.93. The lowest BCUT2D eigenvalue weighted by Gasteiger charge is -2.08. The number of nitrogen functional groups attached to an aromatic ring is 1. The highest BCUT2D eigenvalue weighted by Crippen LogP contribution is 2.29. The van der Waals surface area contributed by atoms with Gasteiger partial charge in [-0.25, -0.2) is 0 Å². The molecule has 1 aromatic carbocycles. The van der Waals surface area contributed by atoms with Gasteiger partial charge in [-0.1, -0.05) is 0 Å². The van der Waals surface area contributed by atoms with Gasteiger partial charge < -0.3 is 10.5 Å². The minimum Gasteiger partial charge on any atom is -0.494 e. The van der Waals surface area contributed by atoms with Gasteiger partial charge in [0, 0.05) is 16.3 Å². The first-order valence-electron chi connectivity index (χ1n) is 5.96. The number of thioether (sulfide) groups is 1. The van der Waals surface area contributed by atoms with Crippen molar-refractivity contribution in [3.8, 4) is 5.75 Å². The summed E-state index contributed by atoms with van der Waals surface area (Å²) in [5.74, 6) is 1.93. The molecule has 0 fully saturated rings. The molecule has 0 aliphatic heterocycles. The molecule has 0 aliphatic rings. The van der Waals surface area contributed by atoms with Crippen molar-refractivity contribution in [2.45, 2.75) is 18.2 Å². The average Bonchev–Trinajstić information content (AvgIpc) is 2.86. The maximum atomic E-state index is 5.97. The number of aryl methyl sites for hydroxylation is 1. The van der Waals surface area contributed by atoms with E-state index in [1.165, 1.54) is 5.56 Å². The van der Waals surface area contributed by atoms with Crippen LogP contribution in [0.25, 0.3) is 0 Å². The molecule has 0 spiro atoms. The summed E-state index contributed by atoms with van der Waals surface area (Å²) in [5.41, 5.74) is 8.19. The predicted octanol–water partition coefficient (Wildman–Crippen LogP) is 4.06. The monoisotopic (exact) mass is 279 g/mol. The van der Waals surface area contributed by atoms with E-state index in [1.807, 2.05) is 25.1 Å². The van der Waals surface area contributed by atoms with E-state index in [0.29, 0.717) is 6.61 Å². The first-order chi connectivity index (χ1) is 8.79. The molecular formula is C14H17NOS2. The number of rotatable bonds is 6. The summed E-state index contributed by atoms with van der Waals surface area (Å²) in [7, 11) is 0. The lowest BCUT2D eigenvalue weighted by molar-refractivity contribution is 0.339. The predicted molar refractivity (Wildman–Crippen MR) is 80.8 cm³/mol. The molecule has 2 N–H and O–H groups in total. The number of nitrogens with two attached hydrogens (primary N) is 1. The van der Waals surface area contributed by atoms with Crippen LogP contribution in [0.3, 0.4) is 0 Å². The van der Waals surface area contributed by atoms with Crippen molar-refractivity contribution >= 4 is 28.8 Å². The molecule has 18 heavy (non-hydrogen) atoms. The van der Waals surface area contributed by atoms with Crippen LogP contribution in [0.4, 0.5) is 5.69 Å². The summed E-state index contributed by atoms with van der Waals surface area (Å²) >= 11 is 3.53. The van der Waals surface area contributed by atoms with Gasteiger partial charge in [-0.3, -0.25) is 0 Å². The maximum Gasteiger partial charge on any atom is 0.120 e. The summed E-state index contributed by atoms with van der Waals surface area (Å²) < 4.78 is 5.49. The van der Waals surface area contributed by atoms with Crippen LogP contribution in [-0.4, -0.2) is 12.4 Å². The topological polar surface area (TPSA) is 35.2 Å². The standard InChI is InChI=1S/C14H17NOS2/c1-2-16-12-3-4-13(15)14(9-12)18-8-6-11-5-7-17-10-11/h3-5,7,9-10H,2,6,8,15H2,1H3. The molecule has 4 heteroatoms. The third-order valence-corrected chi connectivity index (χ3v) is 4.33. The summed E-state index contributed by atoms with van der Waals surface area (Å²) in [6, 6.07) is 8.03. The molecule has 0 saturated carbocycles. The van der Waals surface area contributed by atoms with Gasteiger partial charge in [0.05, 0.1) is 6.61 Å². The molecule has 2 nitrogen and oxygen atoms in total. The fourth-order valence-corrected chi connectivity index (χ4v) is 3.30. The smallest absolute Gasteiger partial charge is 0.120 e. The molecular weight excluding hydrogens is 262 g/mol. The number of hydrogen-bond donors (Lipinski definition) is 1. The number of thiophene rings is 1. The summed E-state index contributed by atoms with van der Waals surface area (Å²) in [6.45, 7) is 2.67. The number of anilines is 1. The molecule has 0 bridgehead atoms. The van der Waals surface area contributed by atoms with Crippen LogP contribution in [0, 0.1) is 0 Å². The van der Waals surface area contributed by atoms with Crippen molar-refractivity contribution in [3.05, 3.63) is 40.6 Å². The van der Waals surface area contributed by atoms with Crippen LogP contribution >= 0.6 is 23.1 Å². The molecule has 1 heterocycles. The van der Waals surface area contributed by atoms with Gasteiger partial charge in [0.2, 0.25) is 0 Å². The highest BCUT2D eigenvalue weighted by molar-refractivity contribution is 7.99. The largest absolute Gasteiger partial charge is 0.494 e. The Hall–Kier alpha value is -1.13. The van der Waals surface area contributed by atoms with E-state index in [1.54, 1.807) is 23.1 Å². The number of ether oxygens (including phenoxy) is 1. The molecule has 0 aliphatic carbocycles. The SMILES string of the molecule is CCOc1ccc(N)c(SCCc2ccsc2)c1. The molecule has 96 valence electrons. The Bertz CT molecular complexity index is 483. The third-order valence-electron chi connectivity index (χ3n) is 2.52. The van der Waals surface area contributed by atoms with Gasteiger partial charge in [-0.05, 0) is 53.9 Å². The van der Waals surface area contributed by atoms with Crippen LogP contribution in [0.15, 0.2) is 39.9 Å². The van der Waals surface area contributed by atoms with Gasteiger partial charge >= 0.3 is 0 Å². The van der Waals surface area contributed by atoms with Crippen molar-refractivity contribution < 1.29 is 4.74 Å². The van der Waals surface area contributed by atoms with E-state index in [9.17, 15) is 0 Å². The summed E-state index contributed by atoms with van der Waals surface area (Å²) in [4.78, 5) is 1.11. The zero-order chi connectivity index (χ0) is 12.8. The second kappa shape index (κ2) is 6.71. The molecule has 1 aromatic heterocycles. The lowest BCUT2D eigenvalue weighted by Crippen LogP contribution is -1.95. The second-order valence-corrected chi connectivity index (χ2v) is 5.78. The van der Waals surface area contributed by atoms with E-state index in [-0.39, 0.29) is 0 Å². The highest BCUT2D eigenvalue weighted by Gasteiger charge is 2.03. The van der Waals surface area contributed by atoms with Crippen molar-refractivity contribution in [1.29, 1.82) is 0 Å². The quantitative estimate of drug-likeness (QED) is 0.639. The lowest BCUT2D eigenvalue weighted by atomic mass is 10.3. The normalized spacial score (nSPS) is 10.5. The maximum absolute atomic E-state index is 5.97. The average molecular weight is 279 g/mol. The fraction of sp³-hybridized carbons (Fsp3) is 0.286. The van der Waals surface area contributed by atoms with Gasteiger partial charge in [0.15, 0.2) is 0 Å². The molecule has 0 atom stereocenters. The first kappa shape index (κ1) is 13.3. The number of hydrogen-bond acceptors (Lipinski definition) is 4. The van der Waals surface area contributed by atoms with E-state index >= 15 is 0 Å². The zero-order valence-electron chi connectivity index (χ0n) is 10.4. The Kier molecular flexibility index (Phi) is 4.96. The fourth-order valence-electron chi connectivity index (χ4n) is 1.61.